The number of hydrogen-bond acceptors (Lipinski definition) is 5. The summed E-state index contributed by atoms with van der Waals surface area (Å²) in [7, 11) is 0. The molecule has 0 fully saturated rings. The van der Waals surface area contributed by atoms with Crippen LogP contribution in [0.1, 0.15) is 42.9 Å². The molecule has 8 heteroatoms. The minimum absolute atomic E-state index is 0.00641. The number of carbonyl (C=O) groups is 2. The van der Waals surface area contributed by atoms with Gasteiger partial charge < -0.3 is 9.30 Å². The molecule has 3 aromatic rings. The van der Waals surface area contributed by atoms with Crippen LogP contribution in [0.2, 0.25) is 0 Å². The van der Waals surface area contributed by atoms with Crippen LogP contribution in [-0.2, 0) is 16.1 Å². The zero-order chi connectivity index (χ0) is 19.6. The first-order valence-corrected chi connectivity index (χ1v) is 9.60. The summed E-state index contributed by atoms with van der Waals surface area (Å²) in [5.41, 5.74) is 2.37. The van der Waals surface area contributed by atoms with E-state index in [4.69, 9.17) is 4.74 Å². The molecule has 0 bridgehead atoms. The third kappa shape index (κ3) is 4.00. The zero-order valence-electron chi connectivity index (χ0n) is 15.8. The van der Waals surface area contributed by atoms with Crippen LogP contribution in [0, 0.1) is 6.92 Å². The molecule has 2 aromatic heterocycles. The number of rotatable bonds is 5. The molecule has 0 N–H and O–H groups in total. The smallest absolute Gasteiger partial charge is 0.326 e. The molecule has 0 saturated carbocycles. The lowest BCUT2D eigenvalue weighted by atomic mass is 10.2. The lowest BCUT2D eigenvalue weighted by Crippen LogP contribution is -2.23. The standard InChI is InChI=1S/C19H22N4O3S/c1-5-26-17(24)11-22-14-7-6-13(4)10-16(14)27-19(22)21-18(25)15-8-9-20-23(15)12(2)3/h6-10,12H,5,11H2,1-4H3. The molecule has 0 aliphatic carbocycles. The third-order valence-corrected chi connectivity index (χ3v) is 5.05. The maximum atomic E-state index is 12.8. The summed E-state index contributed by atoms with van der Waals surface area (Å²) in [6.07, 6.45) is 1.59. The molecule has 2 heterocycles. The number of benzene rings is 1. The van der Waals surface area contributed by atoms with E-state index in [1.165, 1.54) is 11.3 Å². The Morgan fingerprint density at radius 1 is 1.30 bits per heavy atom. The second-order valence-electron chi connectivity index (χ2n) is 6.42. The van der Waals surface area contributed by atoms with Crippen molar-refractivity contribution in [2.45, 2.75) is 40.3 Å². The number of esters is 1. The van der Waals surface area contributed by atoms with Gasteiger partial charge >= 0.3 is 5.97 Å². The largest absolute Gasteiger partial charge is 0.465 e. The van der Waals surface area contributed by atoms with Crippen molar-refractivity contribution in [3.05, 3.63) is 46.5 Å². The summed E-state index contributed by atoms with van der Waals surface area (Å²) in [5.74, 6) is -0.749. The van der Waals surface area contributed by atoms with Crippen molar-refractivity contribution in [2.24, 2.45) is 4.99 Å². The molecule has 27 heavy (non-hydrogen) atoms. The highest BCUT2D eigenvalue weighted by molar-refractivity contribution is 7.16. The van der Waals surface area contributed by atoms with E-state index < -0.39 is 0 Å². The maximum Gasteiger partial charge on any atom is 0.326 e. The summed E-state index contributed by atoms with van der Waals surface area (Å²) in [5, 5.41) is 4.19. The Hall–Kier alpha value is -2.74. The summed E-state index contributed by atoms with van der Waals surface area (Å²) < 4.78 is 9.40. The average molecular weight is 386 g/mol. The van der Waals surface area contributed by atoms with Gasteiger partial charge in [0.1, 0.15) is 12.2 Å². The Kier molecular flexibility index (Phi) is 5.55. The Morgan fingerprint density at radius 3 is 2.78 bits per heavy atom. The van der Waals surface area contributed by atoms with Crippen molar-refractivity contribution in [3.63, 3.8) is 0 Å². The van der Waals surface area contributed by atoms with E-state index in [9.17, 15) is 9.59 Å². The van der Waals surface area contributed by atoms with Crippen LogP contribution in [0.25, 0.3) is 10.2 Å². The van der Waals surface area contributed by atoms with E-state index in [-0.39, 0.29) is 24.5 Å². The Bertz CT molecular complexity index is 1060. The van der Waals surface area contributed by atoms with Crippen LogP contribution >= 0.6 is 11.3 Å². The lowest BCUT2D eigenvalue weighted by molar-refractivity contribution is -0.143. The van der Waals surface area contributed by atoms with Gasteiger partial charge in [-0.3, -0.25) is 14.3 Å². The van der Waals surface area contributed by atoms with Gasteiger partial charge in [-0.1, -0.05) is 17.4 Å². The first-order chi connectivity index (χ1) is 12.9. The van der Waals surface area contributed by atoms with Crippen LogP contribution in [-0.4, -0.2) is 32.8 Å². The molecule has 7 nitrogen and oxygen atoms in total. The molecule has 0 unspecified atom stereocenters. The average Bonchev–Trinajstić information content (AvgIpc) is 3.20. The van der Waals surface area contributed by atoms with E-state index in [2.05, 4.69) is 10.1 Å². The highest BCUT2D eigenvalue weighted by Gasteiger charge is 2.16. The molecule has 3 rings (SSSR count). The summed E-state index contributed by atoms with van der Waals surface area (Å²) in [6.45, 7) is 7.98. The molecule has 142 valence electrons. The van der Waals surface area contributed by atoms with Gasteiger partial charge in [-0.15, -0.1) is 0 Å². The third-order valence-electron chi connectivity index (χ3n) is 4.01. The van der Waals surface area contributed by atoms with Gasteiger partial charge in [0.2, 0.25) is 0 Å². The predicted molar refractivity (Wildman–Crippen MR) is 104 cm³/mol. The summed E-state index contributed by atoms with van der Waals surface area (Å²) in [6, 6.07) is 7.62. The molecule has 0 spiro atoms. The van der Waals surface area contributed by atoms with E-state index in [0.29, 0.717) is 17.1 Å². The van der Waals surface area contributed by atoms with Crippen LogP contribution < -0.4 is 4.80 Å². The number of aromatic nitrogens is 3. The van der Waals surface area contributed by atoms with Crippen LogP contribution in [0.3, 0.4) is 0 Å². The fraction of sp³-hybridized carbons (Fsp3) is 0.368. The minimum atomic E-state index is -0.387. The zero-order valence-corrected chi connectivity index (χ0v) is 16.6. The van der Waals surface area contributed by atoms with E-state index in [0.717, 1.165) is 15.8 Å². The van der Waals surface area contributed by atoms with Crippen molar-refractivity contribution < 1.29 is 14.3 Å². The first kappa shape index (κ1) is 19.0. The quantitative estimate of drug-likeness (QED) is 0.631. The number of fused-ring (bicyclic) bond motifs is 1. The Labute approximate surface area is 160 Å². The first-order valence-electron chi connectivity index (χ1n) is 8.79. The maximum absolute atomic E-state index is 12.8. The van der Waals surface area contributed by atoms with Gasteiger partial charge in [-0.2, -0.15) is 10.1 Å². The van der Waals surface area contributed by atoms with Crippen molar-refractivity contribution in [2.75, 3.05) is 6.61 Å². The monoisotopic (exact) mass is 386 g/mol. The van der Waals surface area contributed by atoms with Gasteiger partial charge in [0.25, 0.3) is 5.91 Å². The van der Waals surface area contributed by atoms with Crippen molar-refractivity contribution in [3.8, 4) is 0 Å². The Morgan fingerprint density at radius 2 is 2.07 bits per heavy atom. The molecular formula is C19H22N4O3S. The SMILES string of the molecule is CCOC(=O)Cn1c(=NC(=O)c2ccnn2C(C)C)sc2cc(C)ccc21. The van der Waals surface area contributed by atoms with Crippen molar-refractivity contribution >= 4 is 33.4 Å². The normalized spacial score (nSPS) is 12.1. The molecule has 1 aromatic carbocycles. The topological polar surface area (TPSA) is 78.5 Å². The second kappa shape index (κ2) is 7.87. The van der Waals surface area contributed by atoms with E-state index in [1.807, 2.05) is 39.0 Å². The van der Waals surface area contributed by atoms with E-state index >= 15 is 0 Å². The molecule has 0 atom stereocenters. The van der Waals surface area contributed by atoms with Crippen LogP contribution in [0.4, 0.5) is 0 Å². The molecule has 0 radical (unpaired) electrons. The van der Waals surface area contributed by atoms with E-state index in [1.54, 1.807) is 28.4 Å². The number of carbonyl (C=O) groups excluding carboxylic acids is 2. The molecule has 0 saturated heterocycles. The van der Waals surface area contributed by atoms with Gasteiger partial charge in [-0.05, 0) is 51.5 Å². The van der Waals surface area contributed by atoms with Crippen molar-refractivity contribution in [1.82, 2.24) is 14.3 Å². The van der Waals surface area contributed by atoms with Gasteiger partial charge in [0.15, 0.2) is 4.80 Å². The minimum Gasteiger partial charge on any atom is -0.465 e. The van der Waals surface area contributed by atoms with Gasteiger partial charge in [-0.25, -0.2) is 0 Å². The molecule has 1 amide bonds. The number of nitrogens with zero attached hydrogens (tertiary/aromatic N) is 4. The fourth-order valence-electron chi connectivity index (χ4n) is 2.79. The second-order valence-corrected chi connectivity index (χ2v) is 7.43. The Balaban J connectivity index is 2.11. The van der Waals surface area contributed by atoms with Crippen molar-refractivity contribution in [1.29, 1.82) is 0 Å². The van der Waals surface area contributed by atoms with Crippen LogP contribution in [0.15, 0.2) is 35.5 Å². The number of aryl methyl sites for hydroxylation is 1. The van der Waals surface area contributed by atoms with Crippen LogP contribution in [0.5, 0.6) is 0 Å². The summed E-state index contributed by atoms with van der Waals surface area (Å²) in [4.78, 5) is 29.6. The number of thiazole rings is 1. The number of hydrogen-bond donors (Lipinski definition) is 0. The molecular weight excluding hydrogens is 364 g/mol. The lowest BCUT2D eigenvalue weighted by Gasteiger charge is -2.08. The van der Waals surface area contributed by atoms with Gasteiger partial charge in [0.05, 0.1) is 16.8 Å². The predicted octanol–water partition coefficient (Wildman–Crippen LogP) is 3.09. The highest BCUT2D eigenvalue weighted by atomic mass is 32.1. The number of amides is 1. The molecule has 0 aliphatic heterocycles. The highest BCUT2D eigenvalue weighted by Crippen LogP contribution is 2.19. The van der Waals surface area contributed by atoms with Gasteiger partial charge in [0, 0.05) is 12.2 Å². The summed E-state index contributed by atoms with van der Waals surface area (Å²) >= 11 is 1.38. The number of ether oxygens (including phenoxy) is 1. The fourth-order valence-corrected chi connectivity index (χ4v) is 3.92. The molecule has 0 aliphatic rings.